The zero-order valence-electron chi connectivity index (χ0n) is 11.5. The summed E-state index contributed by atoms with van der Waals surface area (Å²) in [6.07, 6.45) is 0.611. The monoisotopic (exact) mass is 295 g/mol. The summed E-state index contributed by atoms with van der Waals surface area (Å²) < 4.78 is 27.9. The first kappa shape index (κ1) is 14.1. The zero-order chi connectivity index (χ0) is 15.5. The largest absolute Gasteiger partial charge is 0.298 e. The molecule has 0 aliphatic rings. The summed E-state index contributed by atoms with van der Waals surface area (Å²) in [5.74, 6) is -0.905. The van der Waals surface area contributed by atoms with Gasteiger partial charge < -0.3 is 0 Å². The van der Waals surface area contributed by atoms with Gasteiger partial charge in [0, 0.05) is 16.7 Å². The molecule has 0 saturated carbocycles. The predicted octanol–water partition coefficient (Wildman–Crippen LogP) is 4.51. The standard InChI is InChI=1S/C18H11F2NO/c19-15-7-3-1-5-13(15)17-10-9-12(11-22)18(21-17)14-6-2-4-8-16(14)20/h1-11H. The van der Waals surface area contributed by atoms with E-state index in [1.807, 2.05) is 0 Å². The molecule has 0 amide bonds. The molecule has 0 atom stereocenters. The molecule has 0 aliphatic carbocycles. The lowest BCUT2D eigenvalue weighted by molar-refractivity contribution is 0.112. The Kier molecular flexibility index (Phi) is 3.74. The minimum absolute atomic E-state index is 0.203. The SMILES string of the molecule is O=Cc1ccc(-c2ccccc2F)nc1-c1ccccc1F. The van der Waals surface area contributed by atoms with Gasteiger partial charge >= 0.3 is 0 Å². The Labute approximate surface area is 126 Å². The van der Waals surface area contributed by atoms with E-state index in [1.165, 1.54) is 24.3 Å². The van der Waals surface area contributed by atoms with Gasteiger partial charge in [0.25, 0.3) is 0 Å². The lowest BCUT2D eigenvalue weighted by Crippen LogP contribution is -1.97. The van der Waals surface area contributed by atoms with E-state index >= 15 is 0 Å². The van der Waals surface area contributed by atoms with Gasteiger partial charge in [-0.2, -0.15) is 0 Å². The third-order valence-electron chi connectivity index (χ3n) is 3.33. The van der Waals surface area contributed by atoms with Crippen molar-refractivity contribution in [3.63, 3.8) is 0 Å². The number of rotatable bonds is 3. The van der Waals surface area contributed by atoms with Gasteiger partial charge in [-0.25, -0.2) is 13.8 Å². The second-order valence-electron chi connectivity index (χ2n) is 4.71. The first-order valence-electron chi connectivity index (χ1n) is 6.66. The number of nitrogens with zero attached hydrogens (tertiary/aromatic N) is 1. The van der Waals surface area contributed by atoms with Gasteiger partial charge in [0.2, 0.25) is 0 Å². The van der Waals surface area contributed by atoms with E-state index in [9.17, 15) is 13.6 Å². The summed E-state index contributed by atoms with van der Waals surface area (Å²) in [7, 11) is 0. The molecule has 2 aromatic carbocycles. The lowest BCUT2D eigenvalue weighted by Gasteiger charge is -2.09. The van der Waals surface area contributed by atoms with Crippen LogP contribution in [0.2, 0.25) is 0 Å². The Bertz CT molecular complexity index is 846. The fraction of sp³-hybridized carbons (Fsp3) is 0. The Morgan fingerprint density at radius 1 is 0.773 bits per heavy atom. The van der Waals surface area contributed by atoms with Crippen LogP contribution < -0.4 is 0 Å². The molecule has 1 aromatic heterocycles. The van der Waals surface area contributed by atoms with Crippen molar-refractivity contribution in [3.8, 4) is 22.5 Å². The van der Waals surface area contributed by atoms with Crippen molar-refractivity contribution in [3.05, 3.63) is 77.9 Å². The Balaban J connectivity index is 2.22. The summed E-state index contributed by atoms with van der Waals surface area (Å²) >= 11 is 0. The minimum atomic E-state index is -0.483. The van der Waals surface area contributed by atoms with Gasteiger partial charge in [-0.1, -0.05) is 24.3 Å². The van der Waals surface area contributed by atoms with Crippen LogP contribution in [0, 0.1) is 11.6 Å². The van der Waals surface area contributed by atoms with Gasteiger partial charge in [-0.3, -0.25) is 4.79 Å². The number of pyridine rings is 1. The van der Waals surface area contributed by atoms with Crippen LogP contribution in [-0.4, -0.2) is 11.3 Å². The maximum atomic E-state index is 14.0. The molecule has 0 N–H and O–H groups in total. The van der Waals surface area contributed by atoms with Crippen LogP contribution in [0.3, 0.4) is 0 Å². The van der Waals surface area contributed by atoms with Crippen molar-refractivity contribution in [1.82, 2.24) is 4.98 Å². The van der Waals surface area contributed by atoms with Crippen LogP contribution in [0.5, 0.6) is 0 Å². The number of aldehydes is 1. The Morgan fingerprint density at radius 2 is 1.36 bits per heavy atom. The first-order valence-corrected chi connectivity index (χ1v) is 6.66. The van der Waals surface area contributed by atoms with Crippen molar-refractivity contribution < 1.29 is 13.6 Å². The van der Waals surface area contributed by atoms with E-state index in [0.717, 1.165) is 0 Å². The predicted molar refractivity (Wildman–Crippen MR) is 80.4 cm³/mol. The lowest BCUT2D eigenvalue weighted by atomic mass is 10.0. The smallest absolute Gasteiger partial charge is 0.152 e. The highest BCUT2D eigenvalue weighted by Gasteiger charge is 2.14. The van der Waals surface area contributed by atoms with E-state index in [0.29, 0.717) is 17.5 Å². The molecule has 0 fully saturated rings. The normalized spacial score (nSPS) is 10.5. The molecule has 0 unspecified atom stereocenters. The van der Waals surface area contributed by atoms with Gasteiger partial charge in [-0.15, -0.1) is 0 Å². The summed E-state index contributed by atoms with van der Waals surface area (Å²) in [5, 5.41) is 0. The summed E-state index contributed by atoms with van der Waals surface area (Å²) in [6, 6.07) is 15.3. The van der Waals surface area contributed by atoms with E-state index in [1.54, 1.807) is 36.4 Å². The fourth-order valence-corrected chi connectivity index (χ4v) is 2.25. The third-order valence-corrected chi connectivity index (χ3v) is 3.33. The van der Waals surface area contributed by atoms with Crippen LogP contribution in [0.1, 0.15) is 10.4 Å². The average Bonchev–Trinajstić information content (AvgIpc) is 2.55. The van der Waals surface area contributed by atoms with Crippen molar-refractivity contribution in [2.75, 3.05) is 0 Å². The number of carbonyl (C=O) groups is 1. The van der Waals surface area contributed by atoms with Gasteiger partial charge in [0.15, 0.2) is 6.29 Å². The molecular formula is C18H11F2NO. The third kappa shape index (κ3) is 2.51. The van der Waals surface area contributed by atoms with E-state index in [4.69, 9.17) is 0 Å². The Morgan fingerprint density at radius 3 is 1.95 bits per heavy atom. The zero-order valence-corrected chi connectivity index (χ0v) is 11.5. The maximum Gasteiger partial charge on any atom is 0.152 e. The quantitative estimate of drug-likeness (QED) is 0.666. The van der Waals surface area contributed by atoms with Crippen LogP contribution in [0.15, 0.2) is 60.7 Å². The number of hydrogen-bond acceptors (Lipinski definition) is 2. The molecule has 0 aliphatic heterocycles. The summed E-state index contributed by atoms with van der Waals surface area (Å²) in [4.78, 5) is 15.5. The average molecular weight is 295 g/mol. The molecule has 0 spiro atoms. The van der Waals surface area contributed by atoms with E-state index in [-0.39, 0.29) is 16.8 Å². The second-order valence-corrected chi connectivity index (χ2v) is 4.71. The second kappa shape index (κ2) is 5.85. The van der Waals surface area contributed by atoms with Crippen LogP contribution in [0.4, 0.5) is 8.78 Å². The number of aromatic nitrogens is 1. The fourth-order valence-electron chi connectivity index (χ4n) is 2.25. The highest BCUT2D eigenvalue weighted by atomic mass is 19.1. The van der Waals surface area contributed by atoms with Crippen LogP contribution in [0.25, 0.3) is 22.5 Å². The number of hydrogen-bond donors (Lipinski definition) is 0. The van der Waals surface area contributed by atoms with Crippen molar-refractivity contribution in [1.29, 1.82) is 0 Å². The molecular weight excluding hydrogens is 284 g/mol. The number of carbonyl (C=O) groups excluding carboxylic acids is 1. The van der Waals surface area contributed by atoms with E-state index in [2.05, 4.69) is 4.98 Å². The molecule has 0 saturated heterocycles. The van der Waals surface area contributed by atoms with E-state index < -0.39 is 11.6 Å². The molecule has 0 bridgehead atoms. The number of halogens is 2. The topological polar surface area (TPSA) is 30.0 Å². The molecule has 1 heterocycles. The highest BCUT2D eigenvalue weighted by Crippen LogP contribution is 2.28. The van der Waals surface area contributed by atoms with Gasteiger partial charge in [0.05, 0.1) is 11.4 Å². The van der Waals surface area contributed by atoms with Crippen molar-refractivity contribution >= 4 is 6.29 Å². The maximum absolute atomic E-state index is 14.0. The first-order chi connectivity index (χ1) is 10.7. The number of benzene rings is 2. The molecule has 3 aromatic rings. The van der Waals surface area contributed by atoms with Crippen LogP contribution in [-0.2, 0) is 0 Å². The minimum Gasteiger partial charge on any atom is -0.298 e. The van der Waals surface area contributed by atoms with Gasteiger partial charge in [0.1, 0.15) is 11.6 Å². The summed E-state index contributed by atoms with van der Waals surface area (Å²) in [6.45, 7) is 0. The molecule has 108 valence electrons. The van der Waals surface area contributed by atoms with Gasteiger partial charge in [-0.05, 0) is 36.4 Å². The molecule has 2 nitrogen and oxygen atoms in total. The Hall–Kier alpha value is -2.88. The van der Waals surface area contributed by atoms with Crippen molar-refractivity contribution in [2.45, 2.75) is 0 Å². The molecule has 3 rings (SSSR count). The highest BCUT2D eigenvalue weighted by molar-refractivity contribution is 5.87. The van der Waals surface area contributed by atoms with Crippen LogP contribution >= 0.6 is 0 Å². The summed E-state index contributed by atoms with van der Waals surface area (Å²) in [5.41, 5.74) is 1.32. The molecule has 22 heavy (non-hydrogen) atoms. The van der Waals surface area contributed by atoms with Crippen molar-refractivity contribution in [2.24, 2.45) is 0 Å². The molecule has 4 heteroatoms. The molecule has 0 radical (unpaired) electrons.